The molecule has 0 N–H and O–H groups in total. The van der Waals surface area contributed by atoms with Crippen LogP contribution >= 0.6 is 0 Å². The molecule has 0 spiro atoms. The highest BCUT2D eigenvalue weighted by molar-refractivity contribution is 6.06. The maximum atomic E-state index is 12.4. The van der Waals surface area contributed by atoms with E-state index < -0.39 is 0 Å². The summed E-state index contributed by atoms with van der Waals surface area (Å²) in [4.78, 5) is 29.5. The van der Waals surface area contributed by atoms with Gasteiger partial charge in [0.15, 0.2) is 0 Å². The van der Waals surface area contributed by atoms with Gasteiger partial charge >= 0.3 is 6.03 Å². The first-order valence-corrected chi connectivity index (χ1v) is 9.16. The van der Waals surface area contributed by atoms with Crippen molar-refractivity contribution < 1.29 is 9.59 Å². The molecule has 4 rings (SSSR count). The van der Waals surface area contributed by atoms with Crippen LogP contribution < -0.4 is 4.90 Å². The van der Waals surface area contributed by atoms with E-state index in [1.54, 1.807) is 11.9 Å². The summed E-state index contributed by atoms with van der Waals surface area (Å²) in [7, 11) is 3.26. The van der Waals surface area contributed by atoms with Crippen molar-refractivity contribution in [2.24, 2.45) is 0 Å². The SMILES string of the molecule is CN1CC(=CC=C2N3CCCc4cccc(c43)C2(C)C)C(=O)N(C)C1=O. The molecule has 3 heterocycles. The van der Waals surface area contributed by atoms with Crippen LogP contribution in [0.2, 0.25) is 0 Å². The van der Waals surface area contributed by atoms with E-state index in [2.05, 4.69) is 43.0 Å². The van der Waals surface area contributed by atoms with Gasteiger partial charge in [0.05, 0.1) is 6.54 Å². The van der Waals surface area contributed by atoms with Gasteiger partial charge in [-0.15, -0.1) is 0 Å². The highest BCUT2D eigenvalue weighted by atomic mass is 16.2. The fourth-order valence-corrected chi connectivity index (χ4v) is 4.42. The fraction of sp³-hybridized carbons (Fsp3) is 0.429. The van der Waals surface area contributed by atoms with E-state index in [0.717, 1.165) is 19.4 Å². The first-order valence-electron chi connectivity index (χ1n) is 9.16. The topological polar surface area (TPSA) is 43.9 Å². The monoisotopic (exact) mass is 351 g/mol. The van der Waals surface area contributed by atoms with Gasteiger partial charge in [0, 0.05) is 43.0 Å². The Balaban J connectivity index is 1.75. The number of likely N-dealkylation sites (N-methyl/N-ethyl adjacent to an activating group) is 2. The number of carbonyl (C=O) groups is 2. The Morgan fingerprint density at radius 3 is 2.65 bits per heavy atom. The van der Waals surface area contributed by atoms with Crippen LogP contribution in [0.4, 0.5) is 10.5 Å². The van der Waals surface area contributed by atoms with E-state index in [4.69, 9.17) is 0 Å². The summed E-state index contributed by atoms with van der Waals surface area (Å²) in [6.07, 6.45) is 6.25. The lowest BCUT2D eigenvalue weighted by atomic mass is 9.83. The van der Waals surface area contributed by atoms with Gasteiger partial charge in [0.25, 0.3) is 5.91 Å². The molecule has 26 heavy (non-hydrogen) atoms. The van der Waals surface area contributed by atoms with Crippen LogP contribution in [-0.4, -0.2) is 48.9 Å². The van der Waals surface area contributed by atoms with Crippen molar-refractivity contribution in [2.75, 3.05) is 32.1 Å². The highest BCUT2D eigenvalue weighted by Crippen LogP contribution is 2.50. The van der Waals surface area contributed by atoms with Gasteiger partial charge in [-0.25, -0.2) is 4.79 Å². The molecule has 0 radical (unpaired) electrons. The molecular formula is C21H25N3O2. The smallest absolute Gasteiger partial charge is 0.326 e. The average molecular weight is 351 g/mol. The summed E-state index contributed by atoms with van der Waals surface area (Å²) in [5, 5.41) is 0. The molecule has 3 aliphatic heterocycles. The summed E-state index contributed by atoms with van der Waals surface area (Å²) < 4.78 is 0. The number of urea groups is 1. The number of para-hydroxylation sites is 1. The van der Waals surface area contributed by atoms with Crippen LogP contribution in [0.15, 0.2) is 41.6 Å². The largest absolute Gasteiger partial charge is 0.344 e. The normalized spacial score (nSPS) is 24.7. The number of hydrogen-bond acceptors (Lipinski definition) is 3. The van der Waals surface area contributed by atoms with Gasteiger partial charge in [-0.2, -0.15) is 0 Å². The summed E-state index contributed by atoms with van der Waals surface area (Å²) in [5.41, 5.74) is 5.90. The molecule has 3 aliphatic rings. The molecule has 0 atom stereocenters. The third-order valence-corrected chi connectivity index (χ3v) is 5.86. The Hall–Kier alpha value is -2.56. The van der Waals surface area contributed by atoms with E-state index in [1.807, 2.05) is 6.08 Å². The summed E-state index contributed by atoms with van der Waals surface area (Å²) in [5.74, 6) is -0.211. The number of benzene rings is 1. The maximum absolute atomic E-state index is 12.4. The number of amides is 3. The quantitative estimate of drug-likeness (QED) is 0.731. The Kier molecular flexibility index (Phi) is 3.72. The lowest BCUT2D eigenvalue weighted by Gasteiger charge is -2.31. The van der Waals surface area contributed by atoms with Crippen molar-refractivity contribution in [3.8, 4) is 0 Å². The standard InChI is InChI=1S/C21H25N3O2/c1-21(2)16-9-5-7-14-8-6-12-24(18(14)16)17(21)11-10-15-13-22(3)20(26)23(4)19(15)25/h5,7,9-11H,6,8,12-13H2,1-4H3. The Bertz CT molecular complexity index is 866. The molecule has 136 valence electrons. The molecule has 1 aromatic carbocycles. The van der Waals surface area contributed by atoms with Crippen LogP contribution in [0.5, 0.6) is 0 Å². The second-order valence-corrected chi connectivity index (χ2v) is 7.94. The van der Waals surface area contributed by atoms with Crippen LogP contribution in [0.25, 0.3) is 0 Å². The third kappa shape index (κ3) is 2.30. The van der Waals surface area contributed by atoms with E-state index >= 15 is 0 Å². The minimum absolute atomic E-state index is 0.0991. The molecule has 5 nitrogen and oxygen atoms in total. The molecule has 0 bridgehead atoms. The molecule has 1 fully saturated rings. The van der Waals surface area contributed by atoms with E-state index in [0.29, 0.717) is 12.1 Å². The van der Waals surface area contributed by atoms with E-state index in [9.17, 15) is 9.59 Å². The minimum atomic E-state index is -0.255. The zero-order valence-electron chi connectivity index (χ0n) is 15.9. The number of aryl methyl sites for hydroxylation is 1. The van der Waals surface area contributed by atoms with Crippen molar-refractivity contribution in [3.05, 3.63) is 52.7 Å². The summed E-state index contributed by atoms with van der Waals surface area (Å²) in [6.45, 7) is 5.85. The average Bonchev–Trinajstić information content (AvgIpc) is 2.84. The van der Waals surface area contributed by atoms with Gasteiger partial charge in [-0.1, -0.05) is 32.0 Å². The zero-order chi connectivity index (χ0) is 18.6. The molecule has 0 saturated carbocycles. The third-order valence-electron chi connectivity index (χ3n) is 5.86. The van der Waals surface area contributed by atoms with Gasteiger partial charge in [-0.3, -0.25) is 9.69 Å². The van der Waals surface area contributed by atoms with Crippen molar-refractivity contribution in [1.29, 1.82) is 0 Å². The van der Waals surface area contributed by atoms with Crippen molar-refractivity contribution in [2.45, 2.75) is 32.1 Å². The van der Waals surface area contributed by atoms with Gasteiger partial charge < -0.3 is 9.80 Å². The van der Waals surface area contributed by atoms with E-state index in [1.165, 1.54) is 34.5 Å². The zero-order valence-corrected chi connectivity index (χ0v) is 15.9. The number of hydrogen-bond donors (Lipinski definition) is 0. The maximum Gasteiger partial charge on any atom is 0.326 e. The predicted molar refractivity (Wildman–Crippen MR) is 102 cm³/mol. The molecule has 1 saturated heterocycles. The Labute approximate surface area is 154 Å². The number of rotatable bonds is 1. The van der Waals surface area contributed by atoms with Crippen LogP contribution in [-0.2, 0) is 16.6 Å². The lowest BCUT2D eigenvalue weighted by molar-refractivity contribution is -0.125. The molecule has 5 heteroatoms. The van der Waals surface area contributed by atoms with Crippen molar-refractivity contribution in [1.82, 2.24) is 9.80 Å². The molecule has 0 unspecified atom stereocenters. The summed E-state index contributed by atoms with van der Waals surface area (Å²) >= 11 is 0. The molecular weight excluding hydrogens is 326 g/mol. The van der Waals surface area contributed by atoms with Gasteiger partial charge in [-0.05, 0) is 36.1 Å². The molecule has 1 aromatic rings. The van der Waals surface area contributed by atoms with Gasteiger partial charge in [0.1, 0.15) is 0 Å². The fourth-order valence-electron chi connectivity index (χ4n) is 4.42. The van der Waals surface area contributed by atoms with Crippen molar-refractivity contribution >= 4 is 17.6 Å². The molecule has 0 aromatic heterocycles. The number of carbonyl (C=O) groups excluding carboxylic acids is 2. The van der Waals surface area contributed by atoms with Crippen molar-refractivity contribution in [3.63, 3.8) is 0 Å². The number of imide groups is 1. The van der Waals surface area contributed by atoms with Crippen LogP contribution in [0.1, 0.15) is 31.4 Å². The van der Waals surface area contributed by atoms with Crippen LogP contribution in [0.3, 0.4) is 0 Å². The lowest BCUT2D eigenvalue weighted by Crippen LogP contribution is -2.49. The van der Waals surface area contributed by atoms with Gasteiger partial charge in [0.2, 0.25) is 0 Å². The Morgan fingerprint density at radius 2 is 1.88 bits per heavy atom. The molecule has 0 aliphatic carbocycles. The summed E-state index contributed by atoms with van der Waals surface area (Å²) in [6, 6.07) is 6.34. The number of anilines is 1. The minimum Gasteiger partial charge on any atom is -0.344 e. The number of allylic oxidation sites excluding steroid dienone is 3. The second kappa shape index (κ2) is 5.73. The second-order valence-electron chi connectivity index (χ2n) is 7.94. The molecule has 3 amide bonds. The first kappa shape index (κ1) is 16.9. The predicted octanol–water partition coefficient (Wildman–Crippen LogP) is 3.06. The first-order chi connectivity index (χ1) is 12.3. The van der Waals surface area contributed by atoms with Crippen LogP contribution in [0, 0.1) is 0 Å². The Morgan fingerprint density at radius 1 is 1.12 bits per heavy atom. The van der Waals surface area contributed by atoms with E-state index in [-0.39, 0.29) is 17.4 Å². The highest BCUT2D eigenvalue weighted by Gasteiger charge is 2.42. The number of nitrogens with zero attached hydrogens (tertiary/aromatic N) is 3.